The zero-order valence-corrected chi connectivity index (χ0v) is 14.9. The average molecular weight is 351 g/mol. The van der Waals surface area contributed by atoms with Gasteiger partial charge in [-0.1, -0.05) is 30.3 Å². The smallest absolute Gasteiger partial charge is 0.193 e. The number of benzene rings is 2. The van der Waals surface area contributed by atoms with E-state index in [-0.39, 0.29) is 5.82 Å². The minimum Gasteiger partial charge on any atom is -0.352 e. The van der Waals surface area contributed by atoms with Crippen LogP contribution in [0.15, 0.2) is 72.2 Å². The van der Waals surface area contributed by atoms with E-state index in [0.29, 0.717) is 13.1 Å². The van der Waals surface area contributed by atoms with Crippen molar-refractivity contribution in [3.05, 3.63) is 84.2 Å². The molecule has 2 aromatic carbocycles. The Labute approximate surface area is 152 Å². The highest BCUT2D eigenvalue weighted by atomic mass is 19.1. The number of hydrogen-bond acceptors (Lipinski definition) is 2. The molecule has 26 heavy (non-hydrogen) atoms. The lowest BCUT2D eigenvalue weighted by Gasteiger charge is -2.23. The first-order valence-corrected chi connectivity index (χ1v) is 8.40. The fourth-order valence-electron chi connectivity index (χ4n) is 2.86. The lowest BCUT2D eigenvalue weighted by Crippen LogP contribution is -2.38. The van der Waals surface area contributed by atoms with Crippen LogP contribution in [-0.4, -0.2) is 34.5 Å². The quantitative estimate of drug-likeness (QED) is 0.567. The molecule has 1 aromatic heterocycles. The minimum atomic E-state index is -0.229. The van der Waals surface area contributed by atoms with Crippen LogP contribution in [0.25, 0.3) is 5.69 Å². The molecule has 0 amide bonds. The van der Waals surface area contributed by atoms with Crippen LogP contribution < -0.4 is 5.32 Å². The zero-order valence-electron chi connectivity index (χ0n) is 14.9. The van der Waals surface area contributed by atoms with E-state index in [1.165, 1.54) is 12.1 Å². The van der Waals surface area contributed by atoms with Crippen LogP contribution >= 0.6 is 0 Å². The molecular formula is C20H22FN5. The van der Waals surface area contributed by atoms with Crippen molar-refractivity contribution in [3.63, 3.8) is 0 Å². The summed E-state index contributed by atoms with van der Waals surface area (Å²) in [7, 11) is 3.67. The standard InChI is InChI=1S/C20H22FN5/c1-22-20(25(2)14-16-6-5-8-18(21)12-16)24-13-17-7-3-4-9-19(17)26-11-10-23-15-26/h3-12,15H,13-14H2,1-2H3,(H,22,24). The van der Waals surface area contributed by atoms with Gasteiger partial charge in [0.2, 0.25) is 0 Å². The lowest BCUT2D eigenvalue weighted by atomic mass is 10.1. The van der Waals surface area contributed by atoms with Crippen molar-refractivity contribution in [2.75, 3.05) is 14.1 Å². The number of aliphatic imine (C=N–C) groups is 1. The molecule has 1 N–H and O–H groups in total. The van der Waals surface area contributed by atoms with E-state index < -0.39 is 0 Å². The Morgan fingerprint density at radius 3 is 2.81 bits per heavy atom. The van der Waals surface area contributed by atoms with Gasteiger partial charge in [-0.3, -0.25) is 4.99 Å². The normalized spacial score (nSPS) is 11.4. The maximum absolute atomic E-state index is 13.4. The van der Waals surface area contributed by atoms with Crippen LogP contribution in [0.5, 0.6) is 0 Å². The van der Waals surface area contributed by atoms with Gasteiger partial charge in [0.25, 0.3) is 0 Å². The van der Waals surface area contributed by atoms with E-state index in [4.69, 9.17) is 0 Å². The average Bonchev–Trinajstić information content (AvgIpc) is 3.17. The SMILES string of the molecule is CN=C(NCc1ccccc1-n1ccnc1)N(C)Cc1cccc(F)c1. The van der Waals surface area contributed by atoms with E-state index in [9.17, 15) is 4.39 Å². The van der Waals surface area contributed by atoms with Crippen LogP contribution in [0.4, 0.5) is 4.39 Å². The third-order valence-corrected chi connectivity index (χ3v) is 4.09. The number of aromatic nitrogens is 2. The summed E-state index contributed by atoms with van der Waals surface area (Å²) >= 11 is 0. The van der Waals surface area contributed by atoms with Crippen LogP contribution in [0.3, 0.4) is 0 Å². The van der Waals surface area contributed by atoms with Crippen LogP contribution in [0, 0.1) is 5.82 Å². The maximum Gasteiger partial charge on any atom is 0.193 e. The molecule has 134 valence electrons. The van der Waals surface area contributed by atoms with Crippen molar-refractivity contribution in [1.29, 1.82) is 0 Å². The van der Waals surface area contributed by atoms with Crippen LogP contribution in [0.1, 0.15) is 11.1 Å². The number of para-hydroxylation sites is 1. The molecule has 0 atom stereocenters. The third-order valence-electron chi connectivity index (χ3n) is 4.09. The van der Waals surface area contributed by atoms with Crippen LogP contribution in [-0.2, 0) is 13.1 Å². The highest BCUT2D eigenvalue weighted by Gasteiger charge is 2.09. The Bertz CT molecular complexity index is 873. The van der Waals surface area contributed by atoms with Gasteiger partial charge in [-0.25, -0.2) is 9.37 Å². The first-order chi connectivity index (χ1) is 12.7. The van der Waals surface area contributed by atoms with Gasteiger partial charge >= 0.3 is 0 Å². The summed E-state index contributed by atoms with van der Waals surface area (Å²) in [6.45, 7) is 1.19. The van der Waals surface area contributed by atoms with Crippen molar-refractivity contribution in [2.24, 2.45) is 4.99 Å². The van der Waals surface area contributed by atoms with Gasteiger partial charge in [-0.05, 0) is 29.3 Å². The van der Waals surface area contributed by atoms with Crippen molar-refractivity contribution in [3.8, 4) is 5.69 Å². The van der Waals surface area contributed by atoms with Gasteiger partial charge in [0, 0.05) is 39.6 Å². The van der Waals surface area contributed by atoms with Gasteiger partial charge in [0.1, 0.15) is 5.82 Å². The Balaban J connectivity index is 1.68. The fourth-order valence-corrected chi connectivity index (χ4v) is 2.86. The summed E-state index contributed by atoms with van der Waals surface area (Å²) in [5, 5.41) is 3.37. The molecule has 0 saturated heterocycles. The molecule has 3 aromatic rings. The molecule has 0 fully saturated rings. The molecule has 0 aliphatic heterocycles. The van der Waals surface area contributed by atoms with Crippen molar-refractivity contribution < 1.29 is 4.39 Å². The number of hydrogen-bond donors (Lipinski definition) is 1. The second kappa shape index (κ2) is 8.29. The molecule has 0 radical (unpaired) electrons. The number of guanidine groups is 1. The molecule has 5 nitrogen and oxygen atoms in total. The summed E-state index contributed by atoms with van der Waals surface area (Å²) in [6, 6.07) is 14.7. The van der Waals surface area contributed by atoms with Crippen molar-refractivity contribution in [2.45, 2.75) is 13.1 Å². The molecule has 0 bridgehead atoms. The predicted octanol–water partition coefficient (Wildman–Crippen LogP) is 3.22. The molecule has 0 aliphatic carbocycles. The molecule has 0 aliphatic rings. The third kappa shape index (κ3) is 4.27. The van der Waals surface area contributed by atoms with Gasteiger partial charge in [-0.2, -0.15) is 0 Å². The monoisotopic (exact) mass is 351 g/mol. The molecule has 3 rings (SSSR count). The van der Waals surface area contributed by atoms with E-state index >= 15 is 0 Å². The van der Waals surface area contributed by atoms with Gasteiger partial charge < -0.3 is 14.8 Å². The highest BCUT2D eigenvalue weighted by Crippen LogP contribution is 2.14. The Morgan fingerprint density at radius 2 is 2.08 bits per heavy atom. The Kier molecular flexibility index (Phi) is 5.63. The summed E-state index contributed by atoms with van der Waals surface area (Å²) in [5.74, 6) is 0.516. The van der Waals surface area contributed by atoms with Crippen molar-refractivity contribution >= 4 is 5.96 Å². The molecule has 1 heterocycles. The van der Waals surface area contributed by atoms with Gasteiger partial charge in [0.05, 0.1) is 12.0 Å². The van der Waals surface area contributed by atoms with Crippen molar-refractivity contribution in [1.82, 2.24) is 19.8 Å². The summed E-state index contributed by atoms with van der Waals surface area (Å²) in [4.78, 5) is 10.4. The summed E-state index contributed by atoms with van der Waals surface area (Å²) in [6.07, 6.45) is 5.46. The largest absolute Gasteiger partial charge is 0.352 e. The number of nitrogens with zero attached hydrogens (tertiary/aromatic N) is 4. The predicted molar refractivity (Wildman–Crippen MR) is 102 cm³/mol. The van der Waals surface area contributed by atoms with E-state index in [2.05, 4.69) is 27.4 Å². The van der Waals surface area contributed by atoms with E-state index in [1.54, 1.807) is 25.6 Å². The number of halogens is 1. The fraction of sp³-hybridized carbons (Fsp3) is 0.200. The van der Waals surface area contributed by atoms with E-state index in [1.807, 2.05) is 40.9 Å². The second-order valence-corrected chi connectivity index (χ2v) is 5.99. The topological polar surface area (TPSA) is 45.5 Å². The van der Waals surface area contributed by atoms with Gasteiger partial charge in [0.15, 0.2) is 5.96 Å². The van der Waals surface area contributed by atoms with E-state index in [0.717, 1.165) is 22.8 Å². The number of imidazole rings is 1. The molecule has 0 unspecified atom stereocenters. The summed E-state index contributed by atoms with van der Waals surface area (Å²) < 4.78 is 15.4. The first kappa shape index (κ1) is 17.7. The second-order valence-electron chi connectivity index (χ2n) is 5.99. The Hall–Kier alpha value is -3.15. The maximum atomic E-state index is 13.4. The minimum absolute atomic E-state index is 0.229. The Morgan fingerprint density at radius 1 is 1.23 bits per heavy atom. The molecule has 6 heteroatoms. The molecular weight excluding hydrogens is 329 g/mol. The molecule has 0 spiro atoms. The lowest BCUT2D eigenvalue weighted by molar-refractivity contribution is 0.474. The van der Waals surface area contributed by atoms with Crippen LogP contribution in [0.2, 0.25) is 0 Å². The number of rotatable bonds is 5. The van der Waals surface area contributed by atoms with Gasteiger partial charge in [-0.15, -0.1) is 0 Å². The molecule has 0 saturated carbocycles. The summed E-state index contributed by atoms with van der Waals surface area (Å²) in [5.41, 5.74) is 3.10. The number of nitrogens with one attached hydrogen (secondary N) is 1. The highest BCUT2D eigenvalue weighted by molar-refractivity contribution is 5.79. The zero-order chi connectivity index (χ0) is 18.4. The first-order valence-electron chi connectivity index (χ1n) is 8.40.